The summed E-state index contributed by atoms with van der Waals surface area (Å²) in [6.07, 6.45) is 1.73. The van der Waals surface area contributed by atoms with Crippen LogP contribution in [0.25, 0.3) is 16.7 Å². The van der Waals surface area contributed by atoms with E-state index < -0.39 is 10.9 Å². The third kappa shape index (κ3) is 3.19. The van der Waals surface area contributed by atoms with Crippen LogP contribution >= 0.6 is 0 Å². The Morgan fingerprint density at radius 3 is 2.38 bits per heavy atom. The lowest BCUT2D eigenvalue weighted by Crippen LogP contribution is -2.10. The molecule has 3 aromatic rings. The maximum atomic E-state index is 10.6. The fourth-order valence-corrected chi connectivity index (χ4v) is 2.78. The van der Waals surface area contributed by atoms with E-state index in [2.05, 4.69) is 9.71 Å². The van der Waals surface area contributed by atoms with Crippen LogP contribution in [0.1, 0.15) is 5.56 Å². The van der Waals surface area contributed by atoms with Gasteiger partial charge in [-0.15, -0.1) is 0 Å². The van der Waals surface area contributed by atoms with Crippen molar-refractivity contribution in [3.63, 3.8) is 0 Å². The molecule has 0 aliphatic rings. The Bertz CT molecular complexity index is 924. The van der Waals surface area contributed by atoms with Gasteiger partial charge in [0.25, 0.3) is 0 Å². The molecule has 2 aromatic carbocycles. The molecular formula is C16H17N3O4S. The van der Waals surface area contributed by atoms with Gasteiger partial charge in [-0.25, -0.2) is 18.1 Å². The van der Waals surface area contributed by atoms with Gasteiger partial charge in [0.1, 0.15) is 6.33 Å². The third-order valence-corrected chi connectivity index (χ3v) is 4.10. The smallest absolute Gasteiger partial charge is 0.201 e. The molecule has 1 N–H and O–H groups in total. The van der Waals surface area contributed by atoms with Crippen LogP contribution in [0.15, 0.2) is 42.7 Å². The van der Waals surface area contributed by atoms with Crippen LogP contribution in [0.2, 0.25) is 0 Å². The van der Waals surface area contributed by atoms with Gasteiger partial charge in [-0.1, -0.05) is 12.1 Å². The minimum atomic E-state index is -2.59. The lowest BCUT2D eigenvalue weighted by atomic mass is 10.2. The summed E-state index contributed by atoms with van der Waals surface area (Å²) < 4.78 is 36.1. The van der Waals surface area contributed by atoms with Crippen molar-refractivity contribution in [1.29, 1.82) is 0 Å². The summed E-state index contributed by atoms with van der Waals surface area (Å²) in [5.74, 6) is 1.26. The minimum Gasteiger partial charge on any atom is -0.493 e. The molecule has 1 aromatic heterocycles. The fourth-order valence-electron chi connectivity index (χ4n) is 2.47. The number of thiol groups is 1. The van der Waals surface area contributed by atoms with Crippen molar-refractivity contribution in [3.05, 3.63) is 48.3 Å². The normalized spacial score (nSPS) is 11.1. The van der Waals surface area contributed by atoms with E-state index in [0.717, 1.165) is 22.3 Å². The highest BCUT2D eigenvalue weighted by Gasteiger charge is 2.11. The van der Waals surface area contributed by atoms with Crippen LogP contribution < -0.4 is 14.2 Å². The van der Waals surface area contributed by atoms with Gasteiger partial charge in [-0.3, -0.25) is 4.57 Å². The predicted octanol–water partition coefficient (Wildman–Crippen LogP) is 1.66. The second-order valence-corrected chi connectivity index (χ2v) is 5.90. The Balaban J connectivity index is 1.97. The predicted molar refractivity (Wildman–Crippen MR) is 91.3 cm³/mol. The number of benzene rings is 2. The lowest BCUT2D eigenvalue weighted by Gasteiger charge is -2.09. The van der Waals surface area contributed by atoms with Crippen LogP contribution in [-0.4, -0.2) is 32.2 Å². The van der Waals surface area contributed by atoms with E-state index in [9.17, 15) is 8.42 Å². The van der Waals surface area contributed by atoms with Crippen molar-refractivity contribution in [3.8, 4) is 17.2 Å². The number of imidazole rings is 1. The maximum Gasteiger partial charge on any atom is 0.201 e. The van der Waals surface area contributed by atoms with Crippen LogP contribution in [-0.2, 0) is 17.4 Å². The molecule has 0 fully saturated rings. The third-order valence-electron chi connectivity index (χ3n) is 3.68. The standard InChI is InChI=1S/C16H17N3O4S/c1-22-15-7-13-14(8-16(15)23-2)19(10-17-13)12-5-3-11(4-6-12)9-18-24(20)21/h3-8,10,24H,9H2,1-2H3,(H,18,20,21). The summed E-state index contributed by atoms with van der Waals surface area (Å²) in [4.78, 5) is 4.40. The molecule has 8 heteroatoms. The van der Waals surface area contributed by atoms with Crippen LogP contribution in [0, 0.1) is 0 Å². The SMILES string of the molecule is COc1cc2ncn(-c3ccc(CN[SH](=O)=O)cc3)c2cc1OC. The quantitative estimate of drug-likeness (QED) is 0.663. The summed E-state index contributed by atoms with van der Waals surface area (Å²) in [5, 5.41) is 0. The number of methoxy groups -OCH3 is 2. The fraction of sp³-hybridized carbons (Fsp3) is 0.188. The van der Waals surface area contributed by atoms with E-state index in [4.69, 9.17) is 9.47 Å². The highest BCUT2D eigenvalue weighted by atomic mass is 32.2. The molecule has 0 aliphatic carbocycles. The maximum absolute atomic E-state index is 10.6. The Hall–Kier alpha value is -2.58. The molecule has 7 nitrogen and oxygen atoms in total. The van der Waals surface area contributed by atoms with Crippen LogP contribution in [0.3, 0.4) is 0 Å². The Morgan fingerprint density at radius 1 is 1.08 bits per heavy atom. The Kier molecular flexibility index (Phi) is 4.68. The van der Waals surface area contributed by atoms with Gasteiger partial charge >= 0.3 is 0 Å². The van der Waals surface area contributed by atoms with Crippen molar-refractivity contribution >= 4 is 21.9 Å². The molecule has 0 saturated carbocycles. The first-order valence-corrected chi connectivity index (χ1v) is 8.36. The highest BCUT2D eigenvalue weighted by Crippen LogP contribution is 2.32. The number of ether oxygens (including phenoxy) is 2. The molecule has 0 saturated heterocycles. The number of hydrogen-bond acceptors (Lipinski definition) is 5. The topological polar surface area (TPSA) is 82.5 Å². The molecule has 0 unspecified atom stereocenters. The lowest BCUT2D eigenvalue weighted by molar-refractivity contribution is 0.355. The van der Waals surface area contributed by atoms with E-state index in [-0.39, 0.29) is 6.54 Å². The molecule has 126 valence electrons. The van der Waals surface area contributed by atoms with Gasteiger partial charge in [0, 0.05) is 24.4 Å². The first-order chi connectivity index (χ1) is 11.6. The van der Waals surface area contributed by atoms with Gasteiger partial charge in [0.15, 0.2) is 11.5 Å². The second kappa shape index (κ2) is 6.90. The highest BCUT2D eigenvalue weighted by molar-refractivity contribution is 7.70. The molecule has 0 spiro atoms. The molecule has 24 heavy (non-hydrogen) atoms. The van der Waals surface area contributed by atoms with Crippen LogP contribution in [0.4, 0.5) is 0 Å². The second-order valence-electron chi connectivity index (χ2n) is 5.07. The minimum absolute atomic E-state index is 0.273. The first-order valence-electron chi connectivity index (χ1n) is 7.18. The molecule has 0 atom stereocenters. The van der Waals surface area contributed by atoms with Gasteiger partial charge in [-0.05, 0) is 17.7 Å². The summed E-state index contributed by atoms with van der Waals surface area (Å²) in [6, 6.07) is 11.3. The molecule has 0 aliphatic heterocycles. The summed E-state index contributed by atoms with van der Waals surface area (Å²) in [7, 11) is 0.584. The molecule has 1 heterocycles. The van der Waals surface area contributed by atoms with Gasteiger partial charge < -0.3 is 9.47 Å². The zero-order valence-electron chi connectivity index (χ0n) is 13.2. The zero-order chi connectivity index (χ0) is 17.1. The Morgan fingerprint density at radius 2 is 1.75 bits per heavy atom. The number of nitrogens with one attached hydrogen (secondary N) is 1. The Labute approximate surface area is 140 Å². The number of fused-ring (bicyclic) bond motifs is 1. The summed E-state index contributed by atoms with van der Waals surface area (Å²) in [5.41, 5.74) is 3.48. The van der Waals surface area contributed by atoms with E-state index >= 15 is 0 Å². The van der Waals surface area contributed by atoms with Crippen molar-refractivity contribution in [2.45, 2.75) is 6.54 Å². The van der Waals surface area contributed by atoms with E-state index in [0.29, 0.717) is 11.5 Å². The average Bonchev–Trinajstić information content (AvgIpc) is 3.01. The summed E-state index contributed by atoms with van der Waals surface area (Å²) >= 11 is 0. The van der Waals surface area contributed by atoms with Gasteiger partial charge in [0.05, 0.1) is 25.3 Å². The van der Waals surface area contributed by atoms with Crippen LogP contribution in [0.5, 0.6) is 11.5 Å². The van der Waals surface area contributed by atoms with Gasteiger partial charge in [-0.2, -0.15) is 0 Å². The molecule has 3 rings (SSSR count). The van der Waals surface area contributed by atoms with Crippen molar-refractivity contribution in [1.82, 2.24) is 14.3 Å². The number of rotatable bonds is 6. The zero-order valence-corrected chi connectivity index (χ0v) is 14.1. The van der Waals surface area contributed by atoms with E-state index in [1.54, 1.807) is 20.5 Å². The molecular weight excluding hydrogens is 330 g/mol. The largest absolute Gasteiger partial charge is 0.493 e. The van der Waals surface area contributed by atoms with Crippen molar-refractivity contribution < 1.29 is 17.9 Å². The number of aromatic nitrogens is 2. The van der Waals surface area contributed by atoms with E-state index in [1.165, 1.54) is 0 Å². The number of hydrogen-bond donors (Lipinski definition) is 2. The molecule has 0 bridgehead atoms. The van der Waals surface area contributed by atoms with E-state index in [1.807, 2.05) is 41.0 Å². The molecule has 0 radical (unpaired) electrons. The average molecular weight is 347 g/mol. The summed E-state index contributed by atoms with van der Waals surface area (Å²) in [6.45, 7) is 0.273. The molecule has 0 amide bonds. The van der Waals surface area contributed by atoms with Gasteiger partial charge in [0.2, 0.25) is 10.9 Å². The first kappa shape index (κ1) is 16.3. The monoisotopic (exact) mass is 347 g/mol. The van der Waals surface area contributed by atoms with Crippen molar-refractivity contribution in [2.75, 3.05) is 14.2 Å². The number of nitrogens with zero attached hydrogens (tertiary/aromatic N) is 2. The van der Waals surface area contributed by atoms with Crippen molar-refractivity contribution in [2.24, 2.45) is 0 Å².